The zero-order valence-electron chi connectivity index (χ0n) is 11.2. The van der Waals surface area contributed by atoms with Gasteiger partial charge in [-0.05, 0) is 36.7 Å². The second-order valence-corrected chi connectivity index (χ2v) is 7.38. The lowest BCUT2D eigenvalue weighted by Gasteiger charge is -2.38. The molecule has 0 aliphatic heterocycles. The molecule has 19 heavy (non-hydrogen) atoms. The molecule has 2 aromatic heterocycles. The Bertz CT molecular complexity index is 583. The van der Waals surface area contributed by atoms with Crippen molar-refractivity contribution >= 4 is 33.7 Å². The molecular weight excluding hydrogens is 276 g/mol. The molecule has 0 spiro atoms. The number of nitrogens with zero attached hydrogens (tertiary/aromatic N) is 2. The highest BCUT2D eigenvalue weighted by Gasteiger charge is 2.32. The number of thiazole rings is 1. The Labute approximate surface area is 121 Å². The molecule has 0 saturated heterocycles. The summed E-state index contributed by atoms with van der Waals surface area (Å²) in [7, 11) is 0. The Morgan fingerprint density at radius 1 is 1.47 bits per heavy atom. The van der Waals surface area contributed by atoms with Crippen LogP contribution in [0.1, 0.15) is 31.2 Å². The maximum atomic E-state index is 5.99. The summed E-state index contributed by atoms with van der Waals surface area (Å²) in [6, 6.07) is 0. The number of aromatic nitrogens is 2. The van der Waals surface area contributed by atoms with Crippen LogP contribution in [0.2, 0.25) is 0 Å². The van der Waals surface area contributed by atoms with Gasteiger partial charge in [0.1, 0.15) is 10.8 Å². The molecule has 0 amide bonds. The number of hydrogen-bond donors (Lipinski definition) is 2. The van der Waals surface area contributed by atoms with E-state index in [9.17, 15) is 0 Å². The number of nitrogen functional groups attached to an aromatic ring is 1. The van der Waals surface area contributed by atoms with E-state index in [4.69, 9.17) is 5.73 Å². The molecule has 1 fully saturated rings. The quantitative estimate of drug-likeness (QED) is 0.901. The summed E-state index contributed by atoms with van der Waals surface area (Å²) in [5, 5.41) is 7.68. The van der Waals surface area contributed by atoms with Crippen molar-refractivity contribution < 1.29 is 0 Å². The van der Waals surface area contributed by atoms with E-state index in [-0.39, 0.29) is 0 Å². The topological polar surface area (TPSA) is 63.8 Å². The first-order valence-electron chi connectivity index (χ1n) is 6.49. The first-order valence-corrected chi connectivity index (χ1v) is 8.14. The third-order valence-electron chi connectivity index (χ3n) is 3.83. The summed E-state index contributed by atoms with van der Waals surface area (Å²) in [5.74, 6) is 0.580. The predicted octanol–water partition coefficient (Wildman–Crippen LogP) is 3.76. The van der Waals surface area contributed by atoms with Crippen molar-refractivity contribution in [1.29, 1.82) is 0 Å². The molecule has 0 aromatic carbocycles. The fourth-order valence-corrected chi connectivity index (χ4v) is 3.72. The van der Waals surface area contributed by atoms with Crippen molar-refractivity contribution in [2.75, 3.05) is 17.6 Å². The lowest BCUT2D eigenvalue weighted by Crippen LogP contribution is -2.33. The minimum atomic E-state index is 0.439. The lowest BCUT2D eigenvalue weighted by molar-refractivity contribution is 0.180. The number of hydrogen-bond acceptors (Lipinski definition) is 6. The van der Waals surface area contributed by atoms with Gasteiger partial charge in [0.25, 0.3) is 0 Å². The molecule has 102 valence electrons. The van der Waals surface area contributed by atoms with Crippen LogP contribution in [-0.2, 0) is 0 Å². The summed E-state index contributed by atoms with van der Waals surface area (Å²) in [6.45, 7) is 5.33. The van der Waals surface area contributed by atoms with Gasteiger partial charge in [0.05, 0.1) is 16.3 Å². The number of nitrogens with one attached hydrogen (secondary N) is 1. The van der Waals surface area contributed by atoms with Gasteiger partial charge in [0, 0.05) is 11.9 Å². The van der Waals surface area contributed by atoms with Crippen LogP contribution in [0.3, 0.4) is 0 Å². The first-order chi connectivity index (χ1) is 9.07. The number of nitrogens with two attached hydrogens (primary N) is 1. The van der Waals surface area contributed by atoms with Crippen molar-refractivity contribution in [3.05, 3.63) is 10.4 Å². The largest absolute Gasteiger partial charge is 0.382 e. The zero-order valence-corrected chi connectivity index (χ0v) is 12.8. The normalized spacial score (nSPS) is 17.2. The number of aryl methyl sites for hydroxylation is 1. The van der Waals surface area contributed by atoms with Crippen LogP contribution in [-0.4, -0.2) is 15.9 Å². The Morgan fingerprint density at radius 2 is 2.26 bits per heavy atom. The van der Waals surface area contributed by atoms with Crippen LogP contribution < -0.4 is 11.1 Å². The van der Waals surface area contributed by atoms with Gasteiger partial charge in [-0.15, -0.1) is 11.3 Å². The monoisotopic (exact) mass is 294 g/mol. The second-order valence-electron chi connectivity index (χ2n) is 5.54. The summed E-state index contributed by atoms with van der Waals surface area (Å²) in [4.78, 5) is 4.52. The Hall–Kier alpha value is -1.14. The molecule has 0 bridgehead atoms. The van der Waals surface area contributed by atoms with Gasteiger partial charge < -0.3 is 11.1 Å². The third kappa shape index (κ3) is 2.47. The molecule has 1 aliphatic rings. The van der Waals surface area contributed by atoms with Gasteiger partial charge in [-0.25, -0.2) is 4.98 Å². The lowest BCUT2D eigenvalue weighted by atomic mass is 9.70. The van der Waals surface area contributed by atoms with Gasteiger partial charge in [-0.3, -0.25) is 0 Å². The molecule has 3 N–H and O–H groups in total. The number of rotatable bonds is 4. The molecule has 4 nitrogen and oxygen atoms in total. The second kappa shape index (κ2) is 4.76. The molecule has 3 rings (SSSR count). The first kappa shape index (κ1) is 12.9. The molecule has 0 radical (unpaired) electrons. The van der Waals surface area contributed by atoms with Crippen LogP contribution in [0.15, 0.2) is 5.38 Å². The maximum Gasteiger partial charge on any atom is 0.148 e. The average Bonchev–Trinajstić information content (AvgIpc) is 2.90. The number of anilines is 2. The van der Waals surface area contributed by atoms with Crippen molar-refractivity contribution in [2.24, 2.45) is 5.41 Å². The Morgan fingerprint density at radius 3 is 2.84 bits per heavy atom. The summed E-state index contributed by atoms with van der Waals surface area (Å²) < 4.78 is 4.27. The minimum Gasteiger partial charge on any atom is -0.382 e. The van der Waals surface area contributed by atoms with Crippen molar-refractivity contribution in [2.45, 2.75) is 33.1 Å². The Kier molecular flexibility index (Phi) is 3.22. The zero-order chi connectivity index (χ0) is 13.5. The summed E-state index contributed by atoms with van der Waals surface area (Å²) >= 11 is 3.08. The Balaban J connectivity index is 1.82. The average molecular weight is 294 g/mol. The van der Waals surface area contributed by atoms with Gasteiger partial charge in [0.15, 0.2) is 0 Å². The van der Waals surface area contributed by atoms with Crippen LogP contribution >= 0.6 is 22.9 Å². The molecule has 2 heterocycles. The van der Waals surface area contributed by atoms with Crippen LogP contribution in [0.25, 0.3) is 11.3 Å². The van der Waals surface area contributed by atoms with E-state index in [1.807, 2.05) is 12.3 Å². The molecule has 0 atom stereocenters. The highest BCUT2D eigenvalue weighted by molar-refractivity contribution is 7.11. The molecule has 2 aromatic rings. The fourth-order valence-electron chi connectivity index (χ4n) is 2.40. The molecule has 1 saturated carbocycles. The van der Waals surface area contributed by atoms with E-state index >= 15 is 0 Å². The van der Waals surface area contributed by atoms with Crippen LogP contribution in [0.4, 0.5) is 10.8 Å². The van der Waals surface area contributed by atoms with E-state index in [2.05, 4.69) is 21.6 Å². The van der Waals surface area contributed by atoms with E-state index in [1.165, 1.54) is 30.8 Å². The van der Waals surface area contributed by atoms with E-state index in [0.717, 1.165) is 27.8 Å². The predicted molar refractivity (Wildman–Crippen MR) is 82.8 cm³/mol. The van der Waals surface area contributed by atoms with Crippen molar-refractivity contribution in [1.82, 2.24) is 9.36 Å². The van der Waals surface area contributed by atoms with Gasteiger partial charge in [-0.2, -0.15) is 4.37 Å². The standard InChI is InChI=1S/C13H18N4S2/c1-8-16-9(6-18-8)10-11(14)17-19-12(10)15-7-13(2)4-3-5-13/h6,15H,3-5,7H2,1-2H3,(H2,14,17). The summed E-state index contributed by atoms with van der Waals surface area (Å²) in [6.07, 6.45) is 3.96. The van der Waals surface area contributed by atoms with E-state index < -0.39 is 0 Å². The van der Waals surface area contributed by atoms with Crippen LogP contribution in [0.5, 0.6) is 0 Å². The van der Waals surface area contributed by atoms with E-state index in [1.54, 1.807) is 11.3 Å². The maximum absolute atomic E-state index is 5.99. The van der Waals surface area contributed by atoms with Gasteiger partial charge in [0.2, 0.25) is 0 Å². The van der Waals surface area contributed by atoms with Crippen molar-refractivity contribution in [3.8, 4) is 11.3 Å². The molecular formula is C13H18N4S2. The smallest absolute Gasteiger partial charge is 0.148 e. The molecule has 1 aliphatic carbocycles. The third-order valence-corrected chi connectivity index (χ3v) is 5.42. The summed E-state index contributed by atoms with van der Waals surface area (Å²) in [5.41, 5.74) is 8.34. The SMILES string of the molecule is Cc1nc(-c2c(N)nsc2NCC2(C)CCC2)cs1. The van der Waals surface area contributed by atoms with Gasteiger partial charge >= 0.3 is 0 Å². The van der Waals surface area contributed by atoms with E-state index in [0.29, 0.717) is 11.2 Å². The highest BCUT2D eigenvalue weighted by atomic mass is 32.1. The highest BCUT2D eigenvalue weighted by Crippen LogP contribution is 2.42. The fraction of sp³-hybridized carbons (Fsp3) is 0.538. The van der Waals surface area contributed by atoms with Gasteiger partial charge in [-0.1, -0.05) is 13.3 Å². The molecule has 6 heteroatoms. The molecule has 0 unspecified atom stereocenters. The minimum absolute atomic E-state index is 0.439. The van der Waals surface area contributed by atoms with Crippen LogP contribution in [0, 0.1) is 12.3 Å². The van der Waals surface area contributed by atoms with Crippen molar-refractivity contribution in [3.63, 3.8) is 0 Å².